The van der Waals surface area contributed by atoms with Crippen LogP contribution in [-0.2, 0) is 14.3 Å². The molecule has 0 unspecified atom stereocenters. The van der Waals surface area contributed by atoms with Gasteiger partial charge in [0, 0.05) is 5.70 Å². The van der Waals surface area contributed by atoms with Gasteiger partial charge >= 0.3 is 5.97 Å². The Morgan fingerprint density at radius 1 is 1.14 bits per heavy atom. The molecule has 0 aromatic heterocycles. The average Bonchev–Trinajstić information content (AvgIpc) is 3.29. The van der Waals surface area contributed by atoms with Crippen molar-refractivity contribution in [2.75, 3.05) is 14.2 Å². The molecule has 0 spiro atoms. The van der Waals surface area contributed by atoms with Crippen LogP contribution >= 0.6 is 11.8 Å². The lowest BCUT2D eigenvalue weighted by atomic mass is 9.92. The number of fused-ring (bicyclic) bond motifs is 1. The van der Waals surface area contributed by atoms with Crippen LogP contribution in [0.25, 0.3) is 0 Å². The average molecular weight is 492 g/mol. The van der Waals surface area contributed by atoms with Gasteiger partial charge in [0.2, 0.25) is 5.91 Å². The van der Waals surface area contributed by atoms with Crippen LogP contribution in [-0.4, -0.2) is 36.2 Å². The fourth-order valence-corrected chi connectivity index (χ4v) is 5.26. The number of nitrogens with zero attached hydrogens (tertiary/aromatic N) is 2. The van der Waals surface area contributed by atoms with E-state index in [0.717, 1.165) is 22.0 Å². The van der Waals surface area contributed by atoms with Crippen molar-refractivity contribution in [3.8, 4) is 5.75 Å². The van der Waals surface area contributed by atoms with Gasteiger partial charge in [0.15, 0.2) is 5.17 Å². The molecule has 0 aliphatic carbocycles. The van der Waals surface area contributed by atoms with Crippen LogP contribution in [0, 0.1) is 0 Å². The number of methoxy groups -OCH3 is 2. The van der Waals surface area contributed by atoms with E-state index in [1.807, 2.05) is 78.8 Å². The van der Waals surface area contributed by atoms with E-state index in [1.54, 1.807) is 7.11 Å². The van der Waals surface area contributed by atoms with Gasteiger partial charge in [0.25, 0.3) is 0 Å². The molecule has 0 saturated heterocycles. The summed E-state index contributed by atoms with van der Waals surface area (Å²) < 4.78 is 10.6. The van der Waals surface area contributed by atoms with Crippen LogP contribution in [0.4, 0.5) is 0 Å². The highest BCUT2D eigenvalue weighted by Crippen LogP contribution is 2.45. The predicted octanol–water partition coefficient (Wildman–Crippen LogP) is 5.10. The monoisotopic (exact) mass is 491 g/mol. The van der Waals surface area contributed by atoms with E-state index in [2.05, 4.69) is 5.32 Å². The number of thioether (sulfide) groups is 1. The number of amidine groups is 1. The lowest BCUT2D eigenvalue weighted by Crippen LogP contribution is -2.38. The van der Waals surface area contributed by atoms with E-state index >= 15 is 0 Å². The molecule has 2 aliphatic rings. The van der Waals surface area contributed by atoms with E-state index in [1.165, 1.54) is 18.9 Å². The molecule has 2 aliphatic heterocycles. The smallest absolute Gasteiger partial charge is 0.338 e. The molecule has 2 atom stereocenters. The van der Waals surface area contributed by atoms with Crippen molar-refractivity contribution in [2.45, 2.75) is 38.8 Å². The van der Waals surface area contributed by atoms with Crippen LogP contribution in [0.2, 0.25) is 0 Å². The highest BCUT2D eigenvalue weighted by Gasteiger charge is 2.41. The lowest BCUT2D eigenvalue weighted by molar-refractivity contribution is -0.136. The number of aliphatic imine (C=N–C) groups is 1. The van der Waals surface area contributed by atoms with Crippen molar-refractivity contribution in [3.63, 3.8) is 0 Å². The Bertz CT molecular complexity index is 1210. The maximum atomic E-state index is 13.0. The third kappa shape index (κ3) is 5.12. The first-order valence-corrected chi connectivity index (χ1v) is 12.4. The third-order valence-corrected chi connectivity index (χ3v) is 6.95. The third-order valence-electron chi connectivity index (χ3n) is 6.06. The summed E-state index contributed by atoms with van der Waals surface area (Å²) in [4.78, 5) is 32.8. The molecule has 7 nitrogen and oxygen atoms in total. The molecule has 4 rings (SSSR count). The molecule has 0 saturated carbocycles. The van der Waals surface area contributed by atoms with Crippen molar-refractivity contribution in [1.82, 2.24) is 10.2 Å². The Hall–Kier alpha value is -3.52. The summed E-state index contributed by atoms with van der Waals surface area (Å²) in [7, 11) is 2.98. The fraction of sp³-hybridized carbons (Fsp3) is 0.296. The molecule has 35 heavy (non-hydrogen) atoms. The van der Waals surface area contributed by atoms with E-state index < -0.39 is 12.0 Å². The summed E-state index contributed by atoms with van der Waals surface area (Å²) in [5.41, 5.74) is 3.82. The van der Waals surface area contributed by atoms with Crippen LogP contribution < -0.4 is 10.1 Å². The van der Waals surface area contributed by atoms with Gasteiger partial charge in [-0.2, -0.15) is 0 Å². The van der Waals surface area contributed by atoms with Gasteiger partial charge in [-0.15, -0.1) is 0 Å². The maximum absolute atomic E-state index is 13.0. The molecule has 1 amide bonds. The lowest BCUT2D eigenvalue weighted by Gasteiger charge is -2.36. The number of esters is 1. The van der Waals surface area contributed by atoms with Crippen molar-refractivity contribution in [3.05, 3.63) is 88.1 Å². The largest absolute Gasteiger partial charge is 0.497 e. The maximum Gasteiger partial charge on any atom is 0.338 e. The molecular formula is C27H29N3O4S. The first-order chi connectivity index (χ1) is 17.0. The summed E-state index contributed by atoms with van der Waals surface area (Å²) in [5, 5.41) is 5.75. The fourth-order valence-electron chi connectivity index (χ4n) is 4.32. The summed E-state index contributed by atoms with van der Waals surface area (Å²) in [6.07, 6.45) is 0.729. The molecule has 0 radical (unpaired) electrons. The van der Waals surface area contributed by atoms with Gasteiger partial charge in [-0.3, -0.25) is 4.79 Å². The zero-order valence-corrected chi connectivity index (χ0v) is 21.1. The second kappa shape index (κ2) is 10.8. The van der Waals surface area contributed by atoms with Gasteiger partial charge in [-0.05, 0) is 42.0 Å². The number of benzene rings is 2. The first-order valence-electron chi connectivity index (χ1n) is 11.5. The number of hydrogen-bond acceptors (Lipinski definition) is 7. The van der Waals surface area contributed by atoms with E-state index in [-0.39, 0.29) is 18.4 Å². The Kier molecular flexibility index (Phi) is 7.60. The summed E-state index contributed by atoms with van der Waals surface area (Å²) in [6.45, 7) is 3.93. The van der Waals surface area contributed by atoms with Crippen molar-refractivity contribution in [2.24, 2.45) is 4.99 Å². The standard InChI is InChI=1S/C27H29N3O4S/c1-5-22-24(26(32)34-4)25(19-12-9-13-21(14-19)33-3)30-20(16-35-27(30)29-22)15-23(31)28-17(2)18-10-7-6-8-11-18/h6-14,16-17,25H,5,15H2,1-4H3,(H,28,31)/t17-,25-/m1/s1. The van der Waals surface area contributed by atoms with Gasteiger partial charge in [0.05, 0.1) is 44.0 Å². The van der Waals surface area contributed by atoms with Gasteiger partial charge in [-0.1, -0.05) is 61.2 Å². The SMILES string of the molecule is CCC1=C(C(=O)OC)[C@@H](c2cccc(OC)c2)N2C(CC(=O)N[C@H](C)c3ccccc3)=CSC2=N1. The number of carbonyl (C=O) groups excluding carboxylic acids is 2. The Morgan fingerprint density at radius 2 is 1.91 bits per heavy atom. The number of nitrogens with one attached hydrogen (secondary N) is 1. The molecule has 8 heteroatoms. The number of carbonyl (C=O) groups is 2. The molecular weight excluding hydrogens is 462 g/mol. The molecule has 0 bridgehead atoms. The molecule has 0 fully saturated rings. The molecule has 2 aromatic carbocycles. The summed E-state index contributed by atoms with van der Waals surface area (Å²) in [6, 6.07) is 16.8. The quantitative estimate of drug-likeness (QED) is 0.518. The Labute approximate surface area is 209 Å². The van der Waals surface area contributed by atoms with E-state index in [4.69, 9.17) is 14.5 Å². The predicted molar refractivity (Wildman–Crippen MR) is 138 cm³/mol. The van der Waals surface area contributed by atoms with Crippen LogP contribution in [0.1, 0.15) is 49.9 Å². The zero-order valence-electron chi connectivity index (χ0n) is 20.3. The number of amides is 1. The van der Waals surface area contributed by atoms with E-state index in [9.17, 15) is 9.59 Å². The Balaban J connectivity index is 1.66. The zero-order chi connectivity index (χ0) is 24.9. The Morgan fingerprint density at radius 3 is 2.60 bits per heavy atom. The second-order valence-corrected chi connectivity index (χ2v) is 9.09. The van der Waals surface area contributed by atoms with Gasteiger partial charge in [-0.25, -0.2) is 9.79 Å². The second-order valence-electron chi connectivity index (χ2n) is 8.25. The minimum absolute atomic E-state index is 0.108. The minimum Gasteiger partial charge on any atom is -0.497 e. The summed E-state index contributed by atoms with van der Waals surface area (Å²) >= 11 is 1.46. The van der Waals surface area contributed by atoms with Crippen LogP contribution in [0.5, 0.6) is 5.75 Å². The van der Waals surface area contributed by atoms with Gasteiger partial charge in [0.1, 0.15) is 5.75 Å². The van der Waals surface area contributed by atoms with E-state index in [0.29, 0.717) is 23.4 Å². The minimum atomic E-state index is -0.486. The number of ether oxygens (including phenoxy) is 2. The number of rotatable bonds is 8. The van der Waals surface area contributed by atoms with Crippen LogP contribution in [0.15, 0.2) is 82.0 Å². The number of allylic oxidation sites excluding steroid dienone is 1. The van der Waals surface area contributed by atoms with Crippen molar-refractivity contribution in [1.29, 1.82) is 0 Å². The van der Waals surface area contributed by atoms with Crippen LogP contribution in [0.3, 0.4) is 0 Å². The van der Waals surface area contributed by atoms with Crippen molar-refractivity contribution < 1.29 is 19.1 Å². The highest BCUT2D eigenvalue weighted by atomic mass is 32.2. The summed E-state index contributed by atoms with van der Waals surface area (Å²) in [5.74, 6) is 0.139. The highest BCUT2D eigenvalue weighted by molar-refractivity contribution is 8.16. The van der Waals surface area contributed by atoms with Crippen molar-refractivity contribution >= 4 is 28.8 Å². The molecule has 1 N–H and O–H groups in total. The molecule has 182 valence electrons. The van der Waals surface area contributed by atoms with Gasteiger partial charge < -0.3 is 19.7 Å². The topological polar surface area (TPSA) is 80.2 Å². The molecule has 2 heterocycles. The number of hydrogen-bond donors (Lipinski definition) is 1. The first kappa shape index (κ1) is 24.6. The molecule has 2 aromatic rings. The normalized spacial score (nSPS) is 17.8.